The van der Waals surface area contributed by atoms with Crippen LogP contribution in [-0.2, 0) is 0 Å². The highest BCUT2D eigenvalue weighted by molar-refractivity contribution is 6.34. The van der Waals surface area contributed by atoms with Crippen molar-refractivity contribution < 1.29 is 19.1 Å². The summed E-state index contributed by atoms with van der Waals surface area (Å²) in [6, 6.07) is 18.9. The van der Waals surface area contributed by atoms with Crippen molar-refractivity contribution in [1.82, 2.24) is 5.32 Å². The molecule has 0 radical (unpaired) electrons. The van der Waals surface area contributed by atoms with Gasteiger partial charge in [-0.1, -0.05) is 35.9 Å². The van der Waals surface area contributed by atoms with Crippen LogP contribution in [0, 0.1) is 0 Å². The van der Waals surface area contributed by atoms with Crippen LogP contribution < -0.4 is 20.7 Å². The highest BCUT2D eigenvalue weighted by Gasteiger charge is 2.13. The van der Waals surface area contributed by atoms with Crippen LogP contribution in [0.2, 0.25) is 5.02 Å². The van der Waals surface area contributed by atoms with Gasteiger partial charge in [0.1, 0.15) is 5.75 Å². The molecule has 152 valence electrons. The quantitative estimate of drug-likeness (QED) is 0.560. The van der Waals surface area contributed by atoms with Crippen molar-refractivity contribution in [1.29, 1.82) is 0 Å². The number of anilines is 2. The number of carbonyl (C=O) groups is 3. The average molecular weight is 424 g/mol. The molecule has 30 heavy (non-hydrogen) atoms. The Balaban J connectivity index is 1.66. The molecule has 0 aliphatic rings. The number of hydrogen-bond acceptors (Lipinski definition) is 4. The predicted octanol–water partition coefficient (Wildman–Crippen LogP) is 4.56. The molecule has 4 amide bonds. The smallest absolute Gasteiger partial charge is 0.326 e. The molecular formula is C22H18ClN3O4. The first kappa shape index (κ1) is 20.9. The summed E-state index contributed by atoms with van der Waals surface area (Å²) in [6.45, 7) is 0. The fraction of sp³-hybridized carbons (Fsp3) is 0.0455. The minimum Gasteiger partial charge on any atom is -0.497 e. The second-order valence-corrected chi connectivity index (χ2v) is 6.56. The molecule has 0 aliphatic carbocycles. The molecule has 0 aromatic heterocycles. The lowest BCUT2D eigenvalue weighted by Gasteiger charge is -2.11. The maximum Gasteiger partial charge on any atom is 0.326 e. The molecule has 8 heteroatoms. The number of carbonyl (C=O) groups excluding carboxylic acids is 3. The number of urea groups is 1. The van der Waals surface area contributed by atoms with Crippen molar-refractivity contribution in [3.63, 3.8) is 0 Å². The summed E-state index contributed by atoms with van der Waals surface area (Å²) >= 11 is 6.15. The fourth-order valence-electron chi connectivity index (χ4n) is 2.58. The van der Waals surface area contributed by atoms with E-state index in [9.17, 15) is 14.4 Å². The van der Waals surface area contributed by atoms with E-state index in [0.29, 0.717) is 27.7 Å². The molecule has 0 saturated carbocycles. The Labute approximate surface area is 178 Å². The number of ether oxygens (including phenoxy) is 1. The first-order valence-corrected chi connectivity index (χ1v) is 9.26. The number of nitrogens with one attached hydrogen (secondary N) is 3. The number of imide groups is 1. The largest absolute Gasteiger partial charge is 0.497 e. The van der Waals surface area contributed by atoms with Gasteiger partial charge in [0.25, 0.3) is 11.8 Å². The van der Waals surface area contributed by atoms with Crippen molar-refractivity contribution >= 4 is 40.8 Å². The zero-order chi connectivity index (χ0) is 21.5. The van der Waals surface area contributed by atoms with Gasteiger partial charge in [-0.2, -0.15) is 0 Å². The highest BCUT2D eigenvalue weighted by Crippen LogP contribution is 2.26. The van der Waals surface area contributed by atoms with Crippen LogP contribution in [0.1, 0.15) is 20.7 Å². The van der Waals surface area contributed by atoms with Crippen LogP contribution >= 0.6 is 11.6 Å². The lowest BCUT2D eigenvalue weighted by atomic mass is 10.2. The van der Waals surface area contributed by atoms with Crippen molar-refractivity contribution in [3.05, 3.63) is 88.9 Å². The minimum absolute atomic E-state index is 0.274. The maximum absolute atomic E-state index is 12.3. The number of methoxy groups -OCH3 is 1. The van der Waals surface area contributed by atoms with Crippen LogP contribution in [0.3, 0.4) is 0 Å². The van der Waals surface area contributed by atoms with Gasteiger partial charge < -0.3 is 15.4 Å². The molecular weight excluding hydrogens is 406 g/mol. The summed E-state index contributed by atoms with van der Waals surface area (Å²) in [5.74, 6) is -0.426. The van der Waals surface area contributed by atoms with Gasteiger partial charge in [-0.25, -0.2) is 4.79 Å². The Morgan fingerprint density at radius 1 is 0.800 bits per heavy atom. The molecule has 0 aliphatic heterocycles. The Morgan fingerprint density at radius 2 is 1.53 bits per heavy atom. The third kappa shape index (κ3) is 5.36. The molecule has 0 saturated heterocycles. The summed E-state index contributed by atoms with van der Waals surface area (Å²) in [6.07, 6.45) is 0. The van der Waals surface area contributed by atoms with Crippen LogP contribution in [0.25, 0.3) is 0 Å². The van der Waals surface area contributed by atoms with E-state index in [1.165, 1.54) is 25.3 Å². The van der Waals surface area contributed by atoms with E-state index in [2.05, 4.69) is 16.0 Å². The maximum atomic E-state index is 12.3. The topological polar surface area (TPSA) is 96.5 Å². The van der Waals surface area contributed by atoms with Crippen LogP contribution in [0.15, 0.2) is 72.8 Å². The van der Waals surface area contributed by atoms with Gasteiger partial charge in [0.15, 0.2) is 0 Å². The molecule has 3 rings (SSSR count). The average Bonchev–Trinajstić information content (AvgIpc) is 2.76. The molecule has 0 spiro atoms. The number of amides is 4. The first-order valence-electron chi connectivity index (χ1n) is 8.88. The van der Waals surface area contributed by atoms with E-state index in [0.717, 1.165) is 0 Å². The monoisotopic (exact) mass is 423 g/mol. The number of rotatable bonds is 5. The van der Waals surface area contributed by atoms with Gasteiger partial charge in [-0.05, 0) is 48.5 Å². The van der Waals surface area contributed by atoms with Crippen molar-refractivity contribution in [2.24, 2.45) is 0 Å². The normalized spacial score (nSPS) is 10.1. The van der Waals surface area contributed by atoms with Gasteiger partial charge in [0.2, 0.25) is 0 Å². The zero-order valence-corrected chi connectivity index (χ0v) is 16.7. The number of benzene rings is 3. The van der Waals surface area contributed by atoms with Crippen LogP contribution in [0.4, 0.5) is 16.2 Å². The summed E-state index contributed by atoms with van der Waals surface area (Å²) in [5, 5.41) is 7.77. The molecule has 0 heterocycles. The van der Waals surface area contributed by atoms with E-state index in [-0.39, 0.29) is 11.5 Å². The Bertz CT molecular complexity index is 1090. The van der Waals surface area contributed by atoms with Gasteiger partial charge in [-0.15, -0.1) is 0 Å². The standard InChI is InChI=1S/C22H18ClN3O4/c1-30-17-9-5-8-15(12-17)21(28)26-22(29)24-16-10-11-18(23)19(13-16)25-20(27)14-6-3-2-4-7-14/h2-13H,1H3,(H,25,27)(H2,24,26,28,29). The molecule has 3 N–H and O–H groups in total. The lowest BCUT2D eigenvalue weighted by molar-refractivity contribution is 0.0965. The lowest BCUT2D eigenvalue weighted by Crippen LogP contribution is -2.34. The second kappa shape index (κ2) is 9.58. The third-order valence-corrected chi connectivity index (χ3v) is 4.40. The summed E-state index contributed by atoms with van der Waals surface area (Å²) in [7, 11) is 1.48. The van der Waals surface area contributed by atoms with Gasteiger partial charge in [0, 0.05) is 16.8 Å². The molecule has 7 nitrogen and oxygen atoms in total. The van der Waals surface area contributed by atoms with Gasteiger partial charge >= 0.3 is 6.03 Å². The summed E-state index contributed by atoms with van der Waals surface area (Å²) in [5.41, 5.74) is 1.41. The molecule has 3 aromatic carbocycles. The van der Waals surface area contributed by atoms with Crippen LogP contribution in [0.5, 0.6) is 5.75 Å². The fourth-order valence-corrected chi connectivity index (χ4v) is 2.75. The zero-order valence-electron chi connectivity index (χ0n) is 15.9. The Morgan fingerprint density at radius 3 is 2.27 bits per heavy atom. The summed E-state index contributed by atoms with van der Waals surface area (Å²) in [4.78, 5) is 36.8. The SMILES string of the molecule is COc1cccc(C(=O)NC(=O)Nc2ccc(Cl)c(NC(=O)c3ccccc3)c2)c1. The summed E-state index contributed by atoms with van der Waals surface area (Å²) < 4.78 is 5.07. The van der Waals surface area contributed by atoms with E-state index < -0.39 is 11.9 Å². The van der Waals surface area contributed by atoms with Crippen LogP contribution in [-0.4, -0.2) is 25.0 Å². The number of hydrogen-bond donors (Lipinski definition) is 3. The predicted molar refractivity (Wildman–Crippen MR) is 115 cm³/mol. The van der Waals surface area contributed by atoms with Gasteiger partial charge in [-0.3, -0.25) is 14.9 Å². The van der Waals surface area contributed by atoms with Crippen molar-refractivity contribution in [2.75, 3.05) is 17.7 Å². The molecule has 0 fully saturated rings. The van der Waals surface area contributed by atoms with E-state index in [4.69, 9.17) is 16.3 Å². The Kier molecular flexibility index (Phi) is 6.67. The van der Waals surface area contributed by atoms with E-state index in [1.54, 1.807) is 54.6 Å². The van der Waals surface area contributed by atoms with E-state index >= 15 is 0 Å². The first-order chi connectivity index (χ1) is 14.5. The Hall–Kier alpha value is -3.84. The molecule has 0 bridgehead atoms. The molecule has 0 atom stereocenters. The molecule has 0 unspecified atom stereocenters. The number of halogens is 1. The molecule has 3 aromatic rings. The highest BCUT2D eigenvalue weighted by atomic mass is 35.5. The second-order valence-electron chi connectivity index (χ2n) is 6.15. The van der Waals surface area contributed by atoms with Crippen molar-refractivity contribution in [2.45, 2.75) is 0 Å². The van der Waals surface area contributed by atoms with E-state index in [1.807, 2.05) is 0 Å². The van der Waals surface area contributed by atoms with Gasteiger partial charge in [0.05, 0.1) is 17.8 Å². The minimum atomic E-state index is -0.731. The third-order valence-electron chi connectivity index (χ3n) is 4.07. The van der Waals surface area contributed by atoms with Crippen molar-refractivity contribution in [3.8, 4) is 5.75 Å².